The van der Waals surface area contributed by atoms with Crippen LogP contribution in [0.5, 0.6) is 0 Å². The molecule has 0 saturated carbocycles. The molecule has 0 saturated heterocycles. The van der Waals surface area contributed by atoms with Gasteiger partial charge in [-0.25, -0.2) is 8.42 Å². The van der Waals surface area contributed by atoms with E-state index < -0.39 is 15.6 Å². The van der Waals surface area contributed by atoms with E-state index in [-0.39, 0.29) is 18.0 Å². The van der Waals surface area contributed by atoms with Crippen molar-refractivity contribution < 1.29 is 13.5 Å². The lowest BCUT2D eigenvalue weighted by Gasteiger charge is -2.33. The molecule has 1 aromatic rings. The number of sulfonamides is 1. The van der Waals surface area contributed by atoms with Crippen molar-refractivity contribution in [3.63, 3.8) is 0 Å². The molecule has 3 N–H and O–H groups in total. The maximum absolute atomic E-state index is 12.4. The summed E-state index contributed by atoms with van der Waals surface area (Å²) in [6, 6.07) is 3.01. The van der Waals surface area contributed by atoms with E-state index in [0.717, 1.165) is 4.31 Å². The first-order chi connectivity index (χ1) is 8.27. The van der Waals surface area contributed by atoms with E-state index >= 15 is 0 Å². The van der Waals surface area contributed by atoms with Crippen LogP contribution in [0.15, 0.2) is 23.2 Å². The number of pyridine rings is 1. The maximum Gasteiger partial charge on any atom is 0.245 e. The summed E-state index contributed by atoms with van der Waals surface area (Å²) in [4.78, 5) is 4.04. The largest absolute Gasteiger partial charge is 0.394 e. The summed E-state index contributed by atoms with van der Waals surface area (Å²) in [5.41, 5.74) is 4.92. The maximum atomic E-state index is 12.4. The number of hydrogen-bond acceptors (Lipinski definition) is 5. The number of likely N-dealkylation sites (N-methyl/N-ethyl adjacent to an activating group) is 1. The monoisotopic (exact) mass is 273 g/mol. The zero-order chi connectivity index (χ0) is 14.0. The van der Waals surface area contributed by atoms with Gasteiger partial charge in [0.2, 0.25) is 10.0 Å². The van der Waals surface area contributed by atoms with E-state index in [0.29, 0.717) is 5.69 Å². The van der Waals surface area contributed by atoms with Gasteiger partial charge in [-0.3, -0.25) is 4.98 Å². The molecule has 0 bridgehead atoms. The second-order valence-corrected chi connectivity index (χ2v) is 6.53. The minimum Gasteiger partial charge on any atom is -0.394 e. The number of rotatable bonds is 5. The molecule has 0 atom stereocenters. The average Bonchev–Trinajstić information content (AvgIpc) is 2.37. The van der Waals surface area contributed by atoms with E-state index in [1.54, 1.807) is 19.9 Å². The van der Waals surface area contributed by atoms with E-state index in [4.69, 9.17) is 5.73 Å². The van der Waals surface area contributed by atoms with Gasteiger partial charge in [-0.1, -0.05) is 0 Å². The number of aliphatic hydroxyl groups excluding tert-OH is 1. The molecule has 0 fully saturated rings. The molecular weight excluding hydrogens is 254 g/mol. The zero-order valence-corrected chi connectivity index (χ0v) is 11.6. The van der Waals surface area contributed by atoms with E-state index in [1.165, 1.54) is 19.3 Å². The summed E-state index contributed by atoms with van der Waals surface area (Å²) in [5, 5.41) is 9.25. The van der Waals surface area contributed by atoms with Gasteiger partial charge >= 0.3 is 0 Å². The predicted molar refractivity (Wildman–Crippen MR) is 68.2 cm³/mol. The molecule has 0 aliphatic rings. The van der Waals surface area contributed by atoms with Crippen LogP contribution in [0, 0.1) is 0 Å². The Labute approximate surface area is 107 Å². The van der Waals surface area contributed by atoms with Gasteiger partial charge in [0.25, 0.3) is 0 Å². The van der Waals surface area contributed by atoms with Crippen molar-refractivity contribution in [2.24, 2.45) is 5.73 Å². The van der Waals surface area contributed by atoms with Crippen LogP contribution in [0.2, 0.25) is 0 Å². The lowest BCUT2D eigenvalue weighted by molar-refractivity contribution is 0.138. The van der Waals surface area contributed by atoms with Gasteiger partial charge in [-0.05, 0) is 26.0 Å². The van der Waals surface area contributed by atoms with Crippen LogP contribution in [0.25, 0.3) is 0 Å². The first kappa shape index (κ1) is 15.0. The molecule has 0 spiro atoms. The molecule has 6 nitrogen and oxygen atoms in total. The Morgan fingerprint density at radius 2 is 2.11 bits per heavy atom. The van der Waals surface area contributed by atoms with Crippen molar-refractivity contribution in [1.82, 2.24) is 9.29 Å². The Morgan fingerprint density at radius 1 is 1.50 bits per heavy atom. The molecule has 102 valence electrons. The van der Waals surface area contributed by atoms with Crippen molar-refractivity contribution in [3.05, 3.63) is 24.0 Å². The second-order valence-electron chi connectivity index (χ2n) is 4.60. The lowest BCUT2D eigenvalue weighted by atomic mass is 10.1. The molecular formula is C11H19N3O3S. The Morgan fingerprint density at radius 3 is 2.61 bits per heavy atom. The standard InChI is InChI=1S/C11H19N3O3S/c1-11(2,8-15)14(3)18(16,17)10-5-4-6-13-9(10)7-12/h4-6,15H,7-8,12H2,1-3H3. The molecule has 1 heterocycles. The molecule has 18 heavy (non-hydrogen) atoms. The van der Waals surface area contributed by atoms with Crippen molar-refractivity contribution in [2.45, 2.75) is 30.8 Å². The van der Waals surface area contributed by atoms with E-state index in [9.17, 15) is 13.5 Å². The Balaban J connectivity index is 3.30. The zero-order valence-electron chi connectivity index (χ0n) is 10.8. The summed E-state index contributed by atoms with van der Waals surface area (Å²) in [7, 11) is -2.29. The quantitative estimate of drug-likeness (QED) is 0.783. The van der Waals surface area contributed by atoms with Crippen LogP contribution in [-0.2, 0) is 16.6 Å². The van der Waals surface area contributed by atoms with E-state index in [2.05, 4.69) is 4.98 Å². The molecule has 0 amide bonds. The summed E-state index contributed by atoms with van der Waals surface area (Å²) < 4.78 is 26.0. The van der Waals surface area contributed by atoms with Gasteiger partial charge in [0.05, 0.1) is 17.8 Å². The Bertz CT molecular complexity index is 514. The van der Waals surface area contributed by atoms with Crippen LogP contribution in [0.1, 0.15) is 19.5 Å². The van der Waals surface area contributed by atoms with Crippen molar-refractivity contribution in [1.29, 1.82) is 0 Å². The molecule has 0 aliphatic carbocycles. The summed E-state index contributed by atoms with van der Waals surface area (Å²) in [5.74, 6) is 0. The smallest absolute Gasteiger partial charge is 0.245 e. The van der Waals surface area contributed by atoms with Crippen molar-refractivity contribution in [3.8, 4) is 0 Å². The highest BCUT2D eigenvalue weighted by atomic mass is 32.2. The highest BCUT2D eigenvalue weighted by Crippen LogP contribution is 2.23. The van der Waals surface area contributed by atoms with Crippen LogP contribution in [0.3, 0.4) is 0 Å². The molecule has 7 heteroatoms. The minimum atomic E-state index is -3.72. The molecule has 0 aromatic carbocycles. The number of aromatic nitrogens is 1. The topological polar surface area (TPSA) is 96.5 Å². The van der Waals surface area contributed by atoms with Crippen LogP contribution < -0.4 is 5.73 Å². The number of aliphatic hydroxyl groups is 1. The highest BCUT2D eigenvalue weighted by Gasteiger charge is 2.34. The van der Waals surface area contributed by atoms with E-state index in [1.807, 2.05) is 0 Å². The molecule has 1 rings (SSSR count). The summed E-state index contributed by atoms with van der Waals surface area (Å²) in [6.07, 6.45) is 1.50. The molecule has 0 unspecified atom stereocenters. The summed E-state index contributed by atoms with van der Waals surface area (Å²) >= 11 is 0. The Kier molecular flexibility index (Phi) is 4.44. The highest BCUT2D eigenvalue weighted by molar-refractivity contribution is 7.89. The SMILES string of the molecule is CN(C(C)(C)CO)S(=O)(=O)c1cccnc1CN. The fourth-order valence-electron chi connectivity index (χ4n) is 1.38. The van der Waals surface area contributed by atoms with Gasteiger partial charge in [0.1, 0.15) is 4.90 Å². The minimum absolute atomic E-state index is 0.0444. The first-order valence-electron chi connectivity index (χ1n) is 5.51. The third kappa shape index (κ3) is 2.69. The summed E-state index contributed by atoms with van der Waals surface area (Å²) in [6.45, 7) is 3.05. The van der Waals surface area contributed by atoms with Gasteiger partial charge in [0.15, 0.2) is 0 Å². The number of hydrogen-bond donors (Lipinski definition) is 2. The third-order valence-electron chi connectivity index (χ3n) is 2.92. The van der Waals surface area contributed by atoms with Gasteiger partial charge in [-0.15, -0.1) is 0 Å². The van der Waals surface area contributed by atoms with Gasteiger partial charge in [-0.2, -0.15) is 4.31 Å². The normalized spacial score (nSPS) is 13.0. The van der Waals surface area contributed by atoms with Crippen LogP contribution in [-0.4, -0.2) is 42.0 Å². The predicted octanol–water partition coefficient (Wildman–Crippen LogP) is -0.0683. The van der Waals surface area contributed by atoms with Gasteiger partial charge in [0, 0.05) is 19.8 Å². The molecule has 0 aliphatic heterocycles. The van der Waals surface area contributed by atoms with Gasteiger partial charge < -0.3 is 10.8 Å². The van der Waals surface area contributed by atoms with Crippen LogP contribution >= 0.6 is 0 Å². The average molecular weight is 273 g/mol. The van der Waals surface area contributed by atoms with Crippen molar-refractivity contribution >= 4 is 10.0 Å². The van der Waals surface area contributed by atoms with Crippen LogP contribution in [0.4, 0.5) is 0 Å². The second kappa shape index (κ2) is 5.31. The fraction of sp³-hybridized carbons (Fsp3) is 0.545. The fourth-order valence-corrected chi connectivity index (χ4v) is 3.07. The Hall–Kier alpha value is -1.02. The number of nitrogens with zero attached hydrogens (tertiary/aromatic N) is 2. The van der Waals surface area contributed by atoms with Crippen molar-refractivity contribution in [2.75, 3.05) is 13.7 Å². The third-order valence-corrected chi connectivity index (χ3v) is 5.06. The lowest BCUT2D eigenvalue weighted by Crippen LogP contribution is -2.47. The first-order valence-corrected chi connectivity index (χ1v) is 6.95. The molecule has 1 aromatic heterocycles. The number of nitrogens with two attached hydrogens (primary N) is 1. The molecule has 0 radical (unpaired) electrons.